The lowest BCUT2D eigenvalue weighted by atomic mass is 9.74. The Hall–Kier alpha value is -3.82. The number of fused-ring (bicyclic) bond motifs is 2. The summed E-state index contributed by atoms with van der Waals surface area (Å²) in [5.74, 6) is -5.96. The first kappa shape index (κ1) is 20.5. The van der Waals surface area contributed by atoms with Gasteiger partial charge in [0.2, 0.25) is 0 Å². The van der Waals surface area contributed by atoms with Gasteiger partial charge in [0.15, 0.2) is 11.6 Å². The van der Waals surface area contributed by atoms with Gasteiger partial charge in [-0.15, -0.1) is 0 Å². The topological polar surface area (TPSA) is 120 Å². The highest BCUT2D eigenvalue weighted by Gasteiger charge is 2.53. The number of benzene rings is 2. The number of hydrogen-bond acceptors (Lipinski definition) is 6. The van der Waals surface area contributed by atoms with Crippen molar-refractivity contribution in [2.24, 2.45) is 23.7 Å². The van der Waals surface area contributed by atoms with Gasteiger partial charge in [0.05, 0.1) is 33.1 Å². The molecule has 4 unspecified atom stereocenters. The average molecular weight is 428 g/mol. The number of rotatable bonds is 6. The molecule has 0 heterocycles. The average Bonchev–Trinajstić information content (AvgIpc) is 3.34. The highest BCUT2D eigenvalue weighted by atomic mass is 19.1. The number of carbonyl (C=O) groups is 2. The van der Waals surface area contributed by atoms with Crippen LogP contribution in [0.1, 0.15) is 27.1 Å². The second-order valence-corrected chi connectivity index (χ2v) is 7.57. The first-order chi connectivity index (χ1) is 14.7. The molecule has 0 spiro atoms. The molecule has 4 atom stereocenters. The predicted octanol–water partition coefficient (Wildman–Crippen LogP) is 4.29. The summed E-state index contributed by atoms with van der Waals surface area (Å²) in [6.45, 7) is 0. The molecule has 0 aliphatic heterocycles. The molecule has 0 saturated heterocycles. The number of allylic oxidation sites excluding steroid dienone is 2. The van der Waals surface area contributed by atoms with Crippen LogP contribution in [0.2, 0.25) is 0 Å². The van der Waals surface area contributed by atoms with Crippen LogP contribution in [0.3, 0.4) is 0 Å². The molecule has 0 N–H and O–H groups in total. The van der Waals surface area contributed by atoms with Crippen LogP contribution in [0.25, 0.3) is 0 Å². The van der Waals surface area contributed by atoms with Gasteiger partial charge in [-0.3, -0.25) is 29.8 Å². The first-order valence-electron chi connectivity index (χ1n) is 9.33. The molecular formula is C21H14F2N2O6. The van der Waals surface area contributed by atoms with Gasteiger partial charge < -0.3 is 0 Å². The van der Waals surface area contributed by atoms with E-state index in [0.717, 1.165) is 24.3 Å². The Bertz CT molecular complexity index is 1090. The molecule has 0 aromatic heterocycles. The van der Waals surface area contributed by atoms with E-state index in [4.69, 9.17) is 0 Å². The maximum Gasteiger partial charge on any atom is 0.283 e. The van der Waals surface area contributed by atoms with Crippen molar-refractivity contribution in [1.82, 2.24) is 0 Å². The molecule has 4 rings (SSSR count). The number of nitro groups is 2. The Morgan fingerprint density at radius 2 is 1.16 bits per heavy atom. The van der Waals surface area contributed by atoms with Crippen molar-refractivity contribution < 1.29 is 28.2 Å². The Morgan fingerprint density at radius 1 is 0.774 bits per heavy atom. The number of hydrogen-bond donors (Lipinski definition) is 0. The largest absolute Gasteiger partial charge is 0.294 e. The van der Waals surface area contributed by atoms with Gasteiger partial charge in [0, 0.05) is 11.8 Å². The van der Waals surface area contributed by atoms with Crippen molar-refractivity contribution >= 4 is 22.9 Å². The number of nitrogens with zero attached hydrogens (tertiary/aromatic N) is 2. The molecule has 1 fully saturated rings. The summed E-state index contributed by atoms with van der Waals surface area (Å²) >= 11 is 0. The molecule has 10 heteroatoms. The molecule has 8 nitrogen and oxygen atoms in total. The Kier molecular flexibility index (Phi) is 4.92. The van der Waals surface area contributed by atoms with E-state index in [9.17, 15) is 38.6 Å². The van der Waals surface area contributed by atoms with E-state index in [0.29, 0.717) is 18.6 Å². The van der Waals surface area contributed by atoms with E-state index in [1.165, 1.54) is 0 Å². The Balaban J connectivity index is 1.77. The molecule has 0 amide bonds. The Morgan fingerprint density at radius 3 is 1.52 bits per heavy atom. The van der Waals surface area contributed by atoms with Crippen molar-refractivity contribution in [2.75, 3.05) is 0 Å². The monoisotopic (exact) mass is 428 g/mol. The SMILES string of the molecule is O=C(c1ccc(F)cc1[N+](=O)[O-])C1C2C=CC(C2)C1C(=O)c1ccc(F)cc1[N+](=O)[O-]. The van der Waals surface area contributed by atoms with E-state index in [1.807, 2.05) is 0 Å². The second kappa shape index (κ2) is 7.46. The quantitative estimate of drug-likeness (QED) is 0.293. The van der Waals surface area contributed by atoms with Crippen LogP contribution in [0.5, 0.6) is 0 Å². The van der Waals surface area contributed by atoms with Crippen molar-refractivity contribution in [3.63, 3.8) is 0 Å². The third-order valence-corrected chi connectivity index (χ3v) is 5.91. The summed E-state index contributed by atoms with van der Waals surface area (Å²) in [7, 11) is 0. The zero-order valence-corrected chi connectivity index (χ0v) is 15.7. The fourth-order valence-corrected chi connectivity index (χ4v) is 4.62. The molecular weight excluding hydrogens is 414 g/mol. The summed E-state index contributed by atoms with van der Waals surface area (Å²) in [6, 6.07) is 5.13. The number of Topliss-reactive ketones (excluding diaryl/α,β-unsaturated/α-hetero) is 2. The van der Waals surface area contributed by atoms with E-state index in [-0.39, 0.29) is 11.1 Å². The fourth-order valence-electron chi connectivity index (χ4n) is 4.62. The summed E-state index contributed by atoms with van der Waals surface area (Å²) < 4.78 is 27.0. The molecule has 158 valence electrons. The first-order valence-corrected chi connectivity index (χ1v) is 9.33. The normalized spacial score (nSPS) is 23.7. The van der Waals surface area contributed by atoms with Crippen molar-refractivity contribution in [2.45, 2.75) is 6.42 Å². The lowest BCUT2D eigenvalue weighted by Gasteiger charge is -2.26. The zero-order chi connectivity index (χ0) is 22.4. The van der Waals surface area contributed by atoms with Crippen LogP contribution in [0.15, 0.2) is 48.6 Å². The molecule has 2 aromatic carbocycles. The van der Waals surface area contributed by atoms with Gasteiger partial charge >= 0.3 is 0 Å². The van der Waals surface area contributed by atoms with Gasteiger partial charge in [0.25, 0.3) is 11.4 Å². The van der Waals surface area contributed by atoms with Crippen molar-refractivity contribution in [3.05, 3.63) is 91.5 Å². The van der Waals surface area contributed by atoms with Crippen LogP contribution in [0, 0.1) is 55.5 Å². The highest BCUT2D eigenvalue weighted by molar-refractivity contribution is 6.09. The van der Waals surface area contributed by atoms with E-state index in [1.54, 1.807) is 12.2 Å². The summed E-state index contributed by atoms with van der Waals surface area (Å²) in [5, 5.41) is 22.7. The van der Waals surface area contributed by atoms with Crippen LogP contribution < -0.4 is 0 Å². The summed E-state index contributed by atoms with van der Waals surface area (Å²) in [5.41, 5.74) is -2.08. The van der Waals surface area contributed by atoms with Gasteiger partial charge in [-0.25, -0.2) is 8.78 Å². The highest BCUT2D eigenvalue weighted by Crippen LogP contribution is 2.51. The predicted molar refractivity (Wildman–Crippen MR) is 102 cm³/mol. The van der Waals surface area contributed by atoms with Gasteiger partial charge in [0.1, 0.15) is 11.6 Å². The number of ketones is 2. The zero-order valence-electron chi connectivity index (χ0n) is 15.7. The smallest absolute Gasteiger partial charge is 0.283 e. The molecule has 2 bridgehead atoms. The number of nitro benzene ring substituents is 2. The maximum atomic E-state index is 13.5. The molecule has 31 heavy (non-hydrogen) atoms. The summed E-state index contributed by atoms with van der Waals surface area (Å²) in [4.78, 5) is 47.5. The van der Waals surface area contributed by atoms with Crippen molar-refractivity contribution in [3.8, 4) is 0 Å². The lowest BCUT2D eigenvalue weighted by molar-refractivity contribution is -0.385. The minimum Gasteiger partial charge on any atom is -0.294 e. The second-order valence-electron chi connectivity index (χ2n) is 7.57. The third-order valence-electron chi connectivity index (χ3n) is 5.91. The molecule has 0 radical (unpaired) electrons. The molecule has 1 saturated carbocycles. The van der Waals surface area contributed by atoms with Gasteiger partial charge in [-0.2, -0.15) is 0 Å². The number of halogens is 2. The molecule has 2 aromatic rings. The van der Waals surface area contributed by atoms with E-state index < -0.39 is 68.1 Å². The fraction of sp³-hybridized carbons (Fsp3) is 0.238. The third kappa shape index (κ3) is 3.39. The summed E-state index contributed by atoms with van der Waals surface area (Å²) in [6.07, 6.45) is 3.91. The Labute approximate surface area is 173 Å². The van der Waals surface area contributed by atoms with Crippen LogP contribution in [-0.2, 0) is 0 Å². The van der Waals surface area contributed by atoms with Crippen LogP contribution in [-0.4, -0.2) is 21.4 Å². The standard InChI is InChI=1S/C21H14F2N2O6/c22-12-3-5-14(16(8-12)24(28)29)20(26)18-10-1-2-11(7-10)19(18)21(27)15-6-4-13(23)9-17(15)25(30)31/h1-6,8-11,18-19H,7H2. The van der Waals surface area contributed by atoms with E-state index >= 15 is 0 Å². The van der Waals surface area contributed by atoms with Crippen molar-refractivity contribution in [1.29, 1.82) is 0 Å². The van der Waals surface area contributed by atoms with Crippen LogP contribution >= 0.6 is 0 Å². The maximum absolute atomic E-state index is 13.5. The van der Waals surface area contributed by atoms with Crippen LogP contribution in [0.4, 0.5) is 20.2 Å². The number of carbonyl (C=O) groups excluding carboxylic acids is 2. The van der Waals surface area contributed by atoms with E-state index in [2.05, 4.69) is 0 Å². The molecule has 2 aliphatic rings. The van der Waals surface area contributed by atoms with Gasteiger partial charge in [-0.1, -0.05) is 12.2 Å². The minimum absolute atomic E-state index is 0.330. The lowest BCUT2D eigenvalue weighted by Crippen LogP contribution is -2.34. The minimum atomic E-state index is -1.00. The molecule has 2 aliphatic carbocycles. The van der Waals surface area contributed by atoms with Gasteiger partial charge in [-0.05, 0) is 42.5 Å².